The Morgan fingerprint density at radius 2 is 1.67 bits per heavy atom. The smallest absolute Gasteiger partial charge is 0.160 e. The molecular formula is C12H21NO2. The van der Waals surface area contributed by atoms with Gasteiger partial charge in [-0.25, -0.2) is 0 Å². The van der Waals surface area contributed by atoms with Crippen molar-refractivity contribution in [1.29, 1.82) is 5.41 Å². The molecule has 0 saturated heterocycles. The van der Waals surface area contributed by atoms with Crippen molar-refractivity contribution in [3.63, 3.8) is 0 Å². The lowest BCUT2D eigenvalue weighted by atomic mass is 10.1. The second kappa shape index (κ2) is 6.87. The van der Waals surface area contributed by atoms with Gasteiger partial charge in [0.05, 0.1) is 0 Å². The first-order valence-electron chi connectivity index (χ1n) is 4.60. The number of hydrogen-bond acceptors (Lipinski definition) is 3. The summed E-state index contributed by atoms with van der Waals surface area (Å²) in [5, 5.41) is 25.7. The predicted molar refractivity (Wildman–Crippen MR) is 65.1 cm³/mol. The molecule has 3 nitrogen and oxygen atoms in total. The maximum Gasteiger partial charge on any atom is 0.160 e. The number of nitrogens with one attached hydrogen (secondary N) is 1. The van der Waals surface area contributed by atoms with Crippen LogP contribution in [0.2, 0.25) is 0 Å². The predicted octanol–water partition coefficient (Wildman–Crippen LogP) is 3.46. The highest BCUT2D eigenvalue weighted by molar-refractivity contribution is 5.97. The summed E-state index contributed by atoms with van der Waals surface area (Å²) in [6, 6.07) is 3.04. The first-order valence-corrected chi connectivity index (χ1v) is 4.60. The van der Waals surface area contributed by atoms with E-state index >= 15 is 0 Å². The number of aryl methyl sites for hydroxylation is 1. The molecule has 0 aliphatic heterocycles. The van der Waals surface area contributed by atoms with Crippen LogP contribution in [-0.2, 0) is 0 Å². The second-order valence-electron chi connectivity index (χ2n) is 2.79. The van der Waals surface area contributed by atoms with Crippen molar-refractivity contribution < 1.29 is 10.2 Å². The molecule has 3 heteroatoms. The minimum absolute atomic E-state index is 0. The van der Waals surface area contributed by atoms with Crippen LogP contribution >= 0.6 is 0 Å². The Balaban J connectivity index is 0. The number of aromatic hydroxyl groups is 2. The van der Waals surface area contributed by atoms with Crippen molar-refractivity contribution >= 4 is 5.71 Å². The van der Waals surface area contributed by atoms with Crippen molar-refractivity contribution in [3.05, 3.63) is 23.3 Å². The van der Waals surface area contributed by atoms with Crippen molar-refractivity contribution in [2.75, 3.05) is 0 Å². The van der Waals surface area contributed by atoms with E-state index in [-0.39, 0.29) is 18.9 Å². The number of hydrogen-bond donors (Lipinski definition) is 3. The van der Waals surface area contributed by atoms with E-state index in [0.29, 0.717) is 16.8 Å². The Bertz CT molecular complexity index is 309. The van der Waals surface area contributed by atoms with Gasteiger partial charge in [0.1, 0.15) is 0 Å². The summed E-state index contributed by atoms with van der Waals surface area (Å²) in [5.74, 6) is -0.281. The van der Waals surface area contributed by atoms with E-state index in [2.05, 4.69) is 0 Å². The SMILES string of the molecule is C.CC.CC(=N)c1cc(C)c(O)c(O)c1. The Labute approximate surface area is 91.9 Å². The summed E-state index contributed by atoms with van der Waals surface area (Å²) >= 11 is 0. The van der Waals surface area contributed by atoms with Gasteiger partial charge in [-0.05, 0) is 37.1 Å². The molecule has 0 bridgehead atoms. The molecule has 0 fully saturated rings. The third kappa shape index (κ3) is 4.02. The van der Waals surface area contributed by atoms with E-state index in [4.69, 9.17) is 5.41 Å². The fourth-order valence-electron chi connectivity index (χ4n) is 0.977. The number of phenolic OH excluding ortho intramolecular Hbond substituents is 2. The van der Waals surface area contributed by atoms with Crippen LogP contribution in [0.25, 0.3) is 0 Å². The van der Waals surface area contributed by atoms with E-state index in [1.54, 1.807) is 19.9 Å². The summed E-state index contributed by atoms with van der Waals surface area (Å²) in [5.41, 5.74) is 1.58. The van der Waals surface area contributed by atoms with Crippen LogP contribution in [0.4, 0.5) is 0 Å². The second-order valence-corrected chi connectivity index (χ2v) is 2.79. The Hall–Kier alpha value is -1.51. The minimum atomic E-state index is -0.170. The maximum absolute atomic E-state index is 9.19. The molecule has 15 heavy (non-hydrogen) atoms. The fraction of sp³-hybridized carbons (Fsp3) is 0.417. The van der Waals surface area contributed by atoms with E-state index in [0.717, 1.165) is 0 Å². The third-order valence-electron chi connectivity index (χ3n) is 1.71. The van der Waals surface area contributed by atoms with Gasteiger partial charge < -0.3 is 15.6 Å². The van der Waals surface area contributed by atoms with Gasteiger partial charge in [0.15, 0.2) is 11.5 Å². The summed E-state index contributed by atoms with van der Waals surface area (Å²) in [6.07, 6.45) is 0. The highest BCUT2D eigenvalue weighted by Crippen LogP contribution is 2.29. The molecule has 3 N–H and O–H groups in total. The first-order chi connectivity index (χ1) is 6.52. The van der Waals surface area contributed by atoms with Gasteiger partial charge >= 0.3 is 0 Å². The van der Waals surface area contributed by atoms with Crippen molar-refractivity contribution in [2.45, 2.75) is 35.1 Å². The standard InChI is InChI=1S/C9H11NO2.C2H6.CH4/c1-5-3-7(6(2)10)4-8(11)9(5)12;1-2;/h3-4,10-12H,1-2H3;1-2H3;1H4. The molecule has 86 valence electrons. The topological polar surface area (TPSA) is 64.3 Å². The molecule has 1 aromatic carbocycles. The normalized spacial score (nSPS) is 8.27. The van der Waals surface area contributed by atoms with Crippen molar-refractivity contribution in [3.8, 4) is 11.5 Å². The molecular weight excluding hydrogens is 190 g/mol. The zero-order valence-corrected chi connectivity index (χ0v) is 9.05. The fourth-order valence-corrected chi connectivity index (χ4v) is 0.977. The Morgan fingerprint density at radius 3 is 2.00 bits per heavy atom. The quantitative estimate of drug-likeness (QED) is 0.492. The zero-order chi connectivity index (χ0) is 11.3. The third-order valence-corrected chi connectivity index (χ3v) is 1.71. The molecule has 0 heterocycles. The maximum atomic E-state index is 9.19. The molecule has 0 spiro atoms. The largest absolute Gasteiger partial charge is 0.504 e. The molecule has 0 amide bonds. The van der Waals surface area contributed by atoms with Gasteiger partial charge in [-0.15, -0.1) is 0 Å². The monoisotopic (exact) mass is 211 g/mol. The van der Waals surface area contributed by atoms with Crippen LogP contribution in [0.15, 0.2) is 12.1 Å². The van der Waals surface area contributed by atoms with Crippen molar-refractivity contribution in [1.82, 2.24) is 0 Å². The molecule has 0 radical (unpaired) electrons. The summed E-state index contributed by atoms with van der Waals surface area (Å²) < 4.78 is 0. The Morgan fingerprint density at radius 1 is 1.20 bits per heavy atom. The van der Waals surface area contributed by atoms with Gasteiger partial charge in [-0.1, -0.05) is 21.3 Å². The molecule has 1 rings (SSSR count). The zero-order valence-electron chi connectivity index (χ0n) is 9.05. The molecule has 0 aliphatic rings. The highest BCUT2D eigenvalue weighted by Gasteiger charge is 2.05. The van der Waals surface area contributed by atoms with Crippen LogP contribution in [0.5, 0.6) is 11.5 Å². The lowest BCUT2D eigenvalue weighted by Gasteiger charge is -2.04. The highest BCUT2D eigenvalue weighted by atomic mass is 16.3. The molecule has 0 saturated carbocycles. The summed E-state index contributed by atoms with van der Waals surface area (Å²) in [7, 11) is 0. The van der Waals surface area contributed by atoms with Gasteiger partial charge in [-0.2, -0.15) is 0 Å². The lowest BCUT2D eigenvalue weighted by Crippen LogP contribution is -1.92. The van der Waals surface area contributed by atoms with E-state index in [9.17, 15) is 10.2 Å². The number of rotatable bonds is 1. The van der Waals surface area contributed by atoms with Gasteiger partial charge in [0.2, 0.25) is 0 Å². The van der Waals surface area contributed by atoms with Crippen LogP contribution in [0, 0.1) is 12.3 Å². The number of phenols is 2. The molecule has 1 aromatic rings. The Kier molecular flexibility index (Phi) is 7.30. The minimum Gasteiger partial charge on any atom is -0.504 e. The van der Waals surface area contributed by atoms with E-state index in [1.165, 1.54) is 6.07 Å². The van der Waals surface area contributed by atoms with E-state index in [1.807, 2.05) is 13.8 Å². The molecule has 0 aliphatic carbocycles. The van der Waals surface area contributed by atoms with Gasteiger partial charge in [-0.3, -0.25) is 0 Å². The first kappa shape index (κ1) is 15.9. The van der Waals surface area contributed by atoms with Gasteiger partial charge in [0.25, 0.3) is 0 Å². The number of benzene rings is 1. The average Bonchev–Trinajstić information content (AvgIpc) is 2.16. The molecule has 0 atom stereocenters. The average molecular weight is 211 g/mol. The molecule has 0 unspecified atom stereocenters. The van der Waals surface area contributed by atoms with Crippen LogP contribution in [0.3, 0.4) is 0 Å². The lowest BCUT2D eigenvalue weighted by molar-refractivity contribution is 0.401. The van der Waals surface area contributed by atoms with E-state index < -0.39 is 0 Å². The van der Waals surface area contributed by atoms with Crippen LogP contribution in [0.1, 0.15) is 39.3 Å². The van der Waals surface area contributed by atoms with Crippen LogP contribution < -0.4 is 0 Å². The van der Waals surface area contributed by atoms with Crippen LogP contribution in [-0.4, -0.2) is 15.9 Å². The molecule has 0 aromatic heterocycles. The summed E-state index contributed by atoms with van der Waals surface area (Å²) in [6.45, 7) is 7.31. The summed E-state index contributed by atoms with van der Waals surface area (Å²) in [4.78, 5) is 0. The van der Waals surface area contributed by atoms with Gasteiger partial charge in [0, 0.05) is 5.71 Å². The van der Waals surface area contributed by atoms with Crippen molar-refractivity contribution in [2.24, 2.45) is 0 Å².